The number of nitrogens with zero attached hydrogens (tertiary/aromatic N) is 1. The first-order valence-electron chi connectivity index (χ1n) is 9.74. The molecule has 146 valence electrons. The molecule has 3 rings (SSSR count). The van der Waals surface area contributed by atoms with Crippen molar-refractivity contribution < 1.29 is 19.1 Å². The normalized spacial score (nSPS) is 21.4. The van der Waals surface area contributed by atoms with Gasteiger partial charge in [-0.15, -0.1) is 0 Å². The molecule has 0 radical (unpaired) electrons. The predicted octanol–water partition coefficient (Wildman–Crippen LogP) is 2.96. The topological polar surface area (TPSA) is 75.7 Å². The van der Waals surface area contributed by atoms with Gasteiger partial charge in [-0.25, -0.2) is 0 Å². The molecule has 2 atom stereocenters. The van der Waals surface area contributed by atoms with Crippen LogP contribution in [0.1, 0.15) is 50.2 Å². The second kappa shape index (κ2) is 8.11. The summed E-state index contributed by atoms with van der Waals surface area (Å²) in [5, 5.41) is 2.84. The van der Waals surface area contributed by atoms with E-state index in [2.05, 4.69) is 5.32 Å². The number of aryl methyl sites for hydroxylation is 2. The number of esters is 1. The molecule has 1 aliphatic heterocycles. The summed E-state index contributed by atoms with van der Waals surface area (Å²) in [5.41, 5.74) is 2.65. The van der Waals surface area contributed by atoms with E-state index in [1.54, 1.807) is 6.92 Å². The standard InChI is InChI=1S/C21H28N2O4/c1-13-7-6-8-14(2)19(13)22-20(25)15(3)27-21(26)16-11-18(24)23(12-16)17-9-4-5-10-17/h6-8,15-17H,4-5,9-12H2,1-3H3,(H,22,25)/t15-,16+/m1/s1. The van der Waals surface area contributed by atoms with E-state index in [9.17, 15) is 14.4 Å². The van der Waals surface area contributed by atoms with Crippen LogP contribution in [0.5, 0.6) is 0 Å². The molecule has 1 aliphatic carbocycles. The number of carbonyl (C=O) groups excluding carboxylic acids is 3. The Kier molecular flexibility index (Phi) is 5.82. The van der Waals surface area contributed by atoms with Crippen molar-refractivity contribution in [2.24, 2.45) is 5.92 Å². The van der Waals surface area contributed by atoms with Gasteiger partial charge in [0, 0.05) is 24.7 Å². The van der Waals surface area contributed by atoms with Crippen LogP contribution >= 0.6 is 0 Å². The summed E-state index contributed by atoms with van der Waals surface area (Å²) >= 11 is 0. The largest absolute Gasteiger partial charge is 0.452 e. The van der Waals surface area contributed by atoms with Crippen LogP contribution in [0.3, 0.4) is 0 Å². The summed E-state index contributed by atoms with van der Waals surface area (Å²) in [6, 6.07) is 6.03. The number of ether oxygens (including phenoxy) is 1. The third-order valence-corrected chi connectivity index (χ3v) is 5.65. The first kappa shape index (κ1) is 19.4. The molecule has 2 fully saturated rings. The summed E-state index contributed by atoms with van der Waals surface area (Å²) in [7, 11) is 0. The smallest absolute Gasteiger partial charge is 0.312 e. The van der Waals surface area contributed by atoms with E-state index in [1.165, 1.54) is 0 Å². The van der Waals surface area contributed by atoms with E-state index in [4.69, 9.17) is 4.74 Å². The monoisotopic (exact) mass is 372 g/mol. The lowest BCUT2D eigenvalue weighted by atomic mass is 10.1. The van der Waals surface area contributed by atoms with Crippen LogP contribution < -0.4 is 5.32 Å². The Morgan fingerprint density at radius 2 is 1.81 bits per heavy atom. The molecule has 0 unspecified atom stereocenters. The molecule has 0 spiro atoms. The third-order valence-electron chi connectivity index (χ3n) is 5.65. The van der Waals surface area contributed by atoms with E-state index in [0.29, 0.717) is 6.54 Å². The first-order chi connectivity index (χ1) is 12.9. The molecule has 1 N–H and O–H groups in total. The minimum absolute atomic E-state index is 0.0245. The Hall–Kier alpha value is -2.37. The fraction of sp³-hybridized carbons (Fsp3) is 0.571. The van der Waals surface area contributed by atoms with Gasteiger partial charge in [0.2, 0.25) is 5.91 Å². The van der Waals surface area contributed by atoms with Gasteiger partial charge in [0.25, 0.3) is 5.91 Å². The van der Waals surface area contributed by atoms with Crippen LogP contribution in [0, 0.1) is 19.8 Å². The summed E-state index contributed by atoms with van der Waals surface area (Å²) in [6.07, 6.45) is 3.58. The van der Waals surface area contributed by atoms with Gasteiger partial charge >= 0.3 is 5.97 Å². The highest BCUT2D eigenvalue weighted by Crippen LogP contribution is 2.30. The van der Waals surface area contributed by atoms with Gasteiger partial charge in [-0.1, -0.05) is 31.0 Å². The van der Waals surface area contributed by atoms with Crippen molar-refractivity contribution in [2.75, 3.05) is 11.9 Å². The number of hydrogen-bond donors (Lipinski definition) is 1. The Bertz CT molecular complexity index is 719. The van der Waals surface area contributed by atoms with Crippen LogP contribution in [0.2, 0.25) is 0 Å². The summed E-state index contributed by atoms with van der Waals surface area (Å²) in [5.74, 6) is -1.28. The zero-order chi connectivity index (χ0) is 19.6. The van der Waals surface area contributed by atoms with E-state index in [-0.39, 0.29) is 24.3 Å². The van der Waals surface area contributed by atoms with E-state index in [1.807, 2.05) is 36.9 Å². The van der Waals surface area contributed by atoms with Gasteiger partial charge in [-0.2, -0.15) is 0 Å². The number of para-hydroxylation sites is 1. The molecular formula is C21H28N2O4. The summed E-state index contributed by atoms with van der Waals surface area (Å²) in [6.45, 7) is 5.81. The molecule has 6 nitrogen and oxygen atoms in total. The maximum absolute atomic E-state index is 12.5. The van der Waals surface area contributed by atoms with Crippen molar-refractivity contribution in [2.45, 2.75) is 65.0 Å². The van der Waals surface area contributed by atoms with Crippen molar-refractivity contribution in [3.05, 3.63) is 29.3 Å². The SMILES string of the molecule is Cc1cccc(C)c1NC(=O)[C@@H](C)OC(=O)[C@H]1CC(=O)N(C2CCCC2)C1. The molecule has 1 saturated carbocycles. The van der Waals surface area contributed by atoms with Gasteiger partial charge < -0.3 is 15.0 Å². The van der Waals surface area contributed by atoms with Crippen molar-refractivity contribution in [3.63, 3.8) is 0 Å². The number of hydrogen-bond acceptors (Lipinski definition) is 4. The number of amides is 2. The quantitative estimate of drug-likeness (QED) is 0.807. The van der Waals surface area contributed by atoms with E-state index in [0.717, 1.165) is 42.5 Å². The number of anilines is 1. The highest BCUT2D eigenvalue weighted by molar-refractivity contribution is 5.97. The van der Waals surface area contributed by atoms with Gasteiger partial charge in [0.1, 0.15) is 0 Å². The second-order valence-electron chi connectivity index (χ2n) is 7.72. The molecule has 1 saturated heterocycles. The molecule has 6 heteroatoms. The molecule has 0 bridgehead atoms. The second-order valence-corrected chi connectivity index (χ2v) is 7.72. The van der Waals surface area contributed by atoms with Gasteiger partial charge in [0.15, 0.2) is 6.10 Å². The number of nitrogens with one attached hydrogen (secondary N) is 1. The average molecular weight is 372 g/mol. The Morgan fingerprint density at radius 1 is 1.19 bits per heavy atom. The molecule has 1 aromatic carbocycles. The minimum Gasteiger partial charge on any atom is -0.452 e. The number of benzene rings is 1. The number of carbonyl (C=O) groups is 3. The fourth-order valence-corrected chi connectivity index (χ4v) is 4.02. The molecule has 27 heavy (non-hydrogen) atoms. The van der Waals surface area contributed by atoms with Crippen molar-refractivity contribution in [3.8, 4) is 0 Å². The lowest BCUT2D eigenvalue weighted by molar-refractivity contribution is -0.157. The van der Waals surface area contributed by atoms with E-state index >= 15 is 0 Å². The Balaban J connectivity index is 1.55. The molecule has 1 aromatic rings. The van der Waals surface area contributed by atoms with Crippen LogP contribution in [-0.4, -0.2) is 41.4 Å². The lowest BCUT2D eigenvalue weighted by Crippen LogP contribution is -2.36. The summed E-state index contributed by atoms with van der Waals surface area (Å²) < 4.78 is 5.38. The predicted molar refractivity (Wildman–Crippen MR) is 102 cm³/mol. The number of likely N-dealkylation sites (tertiary alicyclic amines) is 1. The van der Waals surface area contributed by atoms with E-state index < -0.39 is 18.0 Å². The van der Waals surface area contributed by atoms with Crippen LogP contribution in [0.4, 0.5) is 5.69 Å². The molecule has 2 aliphatic rings. The third kappa shape index (κ3) is 4.31. The maximum atomic E-state index is 12.5. The molecular weight excluding hydrogens is 344 g/mol. The Labute approximate surface area is 160 Å². The van der Waals surface area contributed by atoms with Crippen LogP contribution in [0.15, 0.2) is 18.2 Å². The zero-order valence-electron chi connectivity index (χ0n) is 16.3. The Morgan fingerprint density at radius 3 is 2.44 bits per heavy atom. The number of rotatable bonds is 5. The highest BCUT2D eigenvalue weighted by atomic mass is 16.5. The van der Waals surface area contributed by atoms with Crippen molar-refractivity contribution >= 4 is 23.5 Å². The molecule has 1 heterocycles. The zero-order valence-corrected chi connectivity index (χ0v) is 16.3. The van der Waals surface area contributed by atoms with Crippen molar-refractivity contribution in [1.29, 1.82) is 0 Å². The lowest BCUT2D eigenvalue weighted by Gasteiger charge is -2.24. The van der Waals surface area contributed by atoms with Crippen LogP contribution in [-0.2, 0) is 19.1 Å². The highest BCUT2D eigenvalue weighted by Gasteiger charge is 2.40. The van der Waals surface area contributed by atoms with Gasteiger partial charge in [-0.3, -0.25) is 14.4 Å². The van der Waals surface area contributed by atoms with Crippen LogP contribution in [0.25, 0.3) is 0 Å². The minimum atomic E-state index is -0.910. The van der Waals surface area contributed by atoms with Crippen molar-refractivity contribution in [1.82, 2.24) is 4.90 Å². The molecule has 0 aromatic heterocycles. The van der Waals surface area contributed by atoms with Gasteiger partial charge in [0.05, 0.1) is 5.92 Å². The maximum Gasteiger partial charge on any atom is 0.312 e. The average Bonchev–Trinajstić information content (AvgIpc) is 3.27. The molecule has 2 amide bonds. The van der Waals surface area contributed by atoms with Gasteiger partial charge in [-0.05, 0) is 44.7 Å². The summed E-state index contributed by atoms with van der Waals surface area (Å²) in [4.78, 5) is 39.0. The first-order valence-corrected chi connectivity index (χ1v) is 9.74. The fourth-order valence-electron chi connectivity index (χ4n) is 4.02.